The van der Waals surface area contributed by atoms with E-state index in [1.54, 1.807) is 20.8 Å². The van der Waals surface area contributed by atoms with Gasteiger partial charge in [0, 0.05) is 12.3 Å². The van der Waals surface area contributed by atoms with Gasteiger partial charge in [-0.15, -0.1) is 0 Å². The number of esters is 1. The Morgan fingerprint density at radius 1 is 1.21 bits per heavy atom. The summed E-state index contributed by atoms with van der Waals surface area (Å²) in [5.74, 6) is -0.760. The molecule has 1 aliphatic heterocycles. The Kier molecular flexibility index (Phi) is 6.32. The van der Waals surface area contributed by atoms with Gasteiger partial charge in [-0.1, -0.05) is 20.8 Å². The number of rotatable bonds is 4. The summed E-state index contributed by atoms with van der Waals surface area (Å²) < 4.78 is 33.6. The number of alkyl halides is 1. The highest BCUT2D eigenvalue weighted by Gasteiger charge is 2.55. The first-order chi connectivity index (χ1) is 13.0. The summed E-state index contributed by atoms with van der Waals surface area (Å²) in [6.07, 6.45) is -4.69. The smallest absolute Gasteiger partial charge is 0.338 e. The van der Waals surface area contributed by atoms with Crippen molar-refractivity contribution >= 4 is 14.3 Å². The fraction of sp³-hybridized carbons (Fsp3) is 0.737. The molecule has 0 aromatic carbocycles. The number of nitrogens with zero attached hydrogens (tertiary/aromatic N) is 1. The molecule has 8 nitrogen and oxygen atoms in total. The van der Waals surface area contributed by atoms with Gasteiger partial charge in [-0.3, -0.25) is 14.3 Å². The van der Waals surface area contributed by atoms with Crippen molar-refractivity contribution in [2.45, 2.75) is 89.9 Å². The fourth-order valence-electron chi connectivity index (χ4n) is 2.67. The molecule has 0 bridgehead atoms. The van der Waals surface area contributed by atoms with Crippen LogP contribution >= 0.6 is 0 Å². The van der Waals surface area contributed by atoms with E-state index >= 15 is 4.39 Å². The van der Waals surface area contributed by atoms with E-state index in [1.807, 2.05) is 33.9 Å². The molecule has 0 saturated carbocycles. The van der Waals surface area contributed by atoms with Gasteiger partial charge in [0.25, 0.3) is 5.56 Å². The van der Waals surface area contributed by atoms with Crippen LogP contribution in [0.4, 0.5) is 4.39 Å². The summed E-state index contributed by atoms with van der Waals surface area (Å²) in [5, 5.41) is -0.238. The summed E-state index contributed by atoms with van der Waals surface area (Å²) in [6.45, 7) is 14.9. The highest BCUT2D eigenvalue weighted by atomic mass is 28.4. The van der Waals surface area contributed by atoms with Gasteiger partial charge in [0.05, 0.1) is 0 Å². The van der Waals surface area contributed by atoms with Gasteiger partial charge in [0.15, 0.2) is 26.8 Å². The molecular formula is C19H31FN2O6Si. The standard InChI is InChI=1S/C19H31FN2O6Si/c1-18(2,3)27-16(24)14-13(28-29(7,8)19(4,5)6)12(20)15(26-14)22-10-9-11(23)21-17(22)25/h9-10,12-15H,1-8H3,(H,21,23,25). The van der Waals surface area contributed by atoms with Gasteiger partial charge >= 0.3 is 11.7 Å². The molecule has 0 aliphatic carbocycles. The number of aromatic nitrogens is 2. The molecule has 4 unspecified atom stereocenters. The minimum Gasteiger partial charge on any atom is -0.458 e. The topological polar surface area (TPSA) is 99.6 Å². The van der Waals surface area contributed by atoms with E-state index in [9.17, 15) is 14.4 Å². The molecule has 29 heavy (non-hydrogen) atoms. The molecule has 2 rings (SSSR count). The zero-order chi connectivity index (χ0) is 22.4. The lowest BCUT2D eigenvalue weighted by molar-refractivity contribution is -0.173. The van der Waals surface area contributed by atoms with Crippen LogP contribution in [0.25, 0.3) is 0 Å². The first-order valence-electron chi connectivity index (χ1n) is 9.55. The second kappa shape index (κ2) is 7.80. The molecule has 1 fully saturated rings. The lowest BCUT2D eigenvalue weighted by Crippen LogP contribution is -2.50. The number of halogens is 1. The van der Waals surface area contributed by atoms with E-state index in [4.69, 9.17) is 13.9 Å². The molecule has 1 aromatic heterocycles. The van der Waals surface area contributed by atoms with Crippen molar-refractivity contribution in [3.8, 4) is 0 Å². The molecule has 1 saturated heterocycles. The van der Waals surface area contributed by atoms with E-state index in [0.29, 0.717) is 0 Å². The van der Waals surface area contributed by atoms with E-state index < -0.39 is 55.7 Å². The molecule has 1 aliphatic rings. The molecule has 10 heteroatoms. The maximum absolute atomic E-state index is 15.5. The number of hydrogen-bond acceptors (Lipinski definition) is 6. The third kappa shape index (κ3) is 5.23. The van der Waals surface area contributed by atoms with Crippen molar-refractivity contribution in [2.75, 3.05) is 0 Å². The van der Waals surface area contributed by atoms with Gasteiger partial charge < -0.3 is 13.9 Å². The van der Waals surface area contributed by atoms with E-state index in [-0.39, 0.29) is 5.04 Å². The average molecular weight is 431 g/mol. The van der Waals surface area contributed by atoms with Crippen molar-refractivity contribution in [3.05, 3.63) is 33.1 Å². The minimum absolute atomic E-state index is 0.238. The van der Waals surface area contributed by atoms with Crippen molar-refractivity contribution in [1.82, 2.24) is 9.55 Å². The molecule has 0 amide bonds. The van der Waals surface area contributed by atoms with Gasteiger partial charge in [0.2, 0.25) is 0 Å². The van der Waals surface area contributed by atoms with Crippen LogP contribution in [0.5, 0.6) is 0 Å². The molecule has 4 atom stereocenters. The summed E-state index contributed by atoms with van der Waals surface area (Å²) in [4.78, 5) is 38.3. The van der Waals surface area contributed by atoms with Crippen LogP contribution in [-0.2, 0) is 18.7 Å². The molecule has 1 N–H and O–H groups in total. The summed E-state index contributed by atoms with van der Waals surface area (Å²) in [5.41, 5.74) is -2.25. The van der Waals surface area contributed by atoms with Gasteiger partial charge in [-0.25, -0.2) is 14.0 Å². The lowest BCUT2D eigenvalue weighted by atomic mass is 10.1. The maximum Gasteiger partial charge on any atom is 0.338 e. The first kappa shape index (κ1) is 23.5. The Morgan fingerprint density at radius 2 is 1.79 bits per heavy atom. The monoisotopic (exact) mass is 430 g/mol. The number of hydrogen-bond donors (Lipinski definition) is 1. The van der Waals surface area contributed by atoms with Crippen molar-refractivity contribution in [1.29, 1.82) is 0 Å². The van der Waals surface area contributed by atoms with Crippen molar-refractivity contribution in [3.63, 3.8) is 0 Å². The Hall–Kier alpha value is -1.78. The normalized spacial score (nSPS) is 25.8. The van der Waals surface area contributed by atoms with Crippen LogP contribution in [0.1, 0.15) is 47.8 Å². The second-order valence-corrected chi connectivity index (χ2v) is 14.5. The number of H-pyrrole nitrogens is 1. The number of carbonyl (C=O) groups excluding carboxylic acids is 1. The molecule has 164 valence electrons. The molecular weight excluding hydrogens is 399 g/mol. The quantitative estimate of drug-likeness (QED) is 0.582. The second-order valence-electron chi connectivity index (χ2n) is 9.79. The van der Waals surface area contributed by atoms with Crippen LogP contribution in [0.2, 0.25) is 18.1 Å². The van der Waals surface area contributed by atoms with E-state index in [1.165, 1.54) is 0 Å². The molecule has 2 heterocycles. The molecule has 1 aromatic rings. The number of carbonyl (C=O) groups is 1. The SMILES string of the molecule is CC(C)(C)OC(=O)C1OC(n2ccc(=O)[nH]c2=O)C(F)C1O[Si](C)(C)C(C)(C)C. The van der Waals surface area contributed by atoms with Crippen LogP contribution in [0, 0.1) is 0 Å². The Balaban J connectivity index is 2.44. The van der Waals surface area contributed by atoms with Crippen LogP contribution in [-0.4, -0.2) is 47.8 Å². The van der Waals surface area contributed by atoms with Crippen LogP contribution in [0.3, 0.4) is 0 Å². The summed E-state index contributed by atoms with van der Waals surface area (Å²) in [6, 6.07) is 1.09. The Labute approximate surface area is 170 Å². The van der Waals surface area contributed by atoms with Gasteiger partial charge in [-0.05, 0) is 38.9 Å². The van der Waals surface area contributed by atoms with Gasteiger partial charge in [0.1, 0.15) is 11.7 Å². The van der Waals surface area contributed by atoms with Crippen molar-refractivity contribution < 1.29 is 23.1 Å². The largest absolute Gasteiger partial charge is 0.458 e. The van der Waals surface area contributed by atoms with Crippen LogP contribution < -0.4 is 11.2 Å². The van der Waals surface area contributed by atoms with Crippen molar-refractivity contribution in [2.24, 2.45) is 0 Å². The number of ether oxygens (including phenoxy) is 2. The predicted octanol–water partition coefficient (Wildman–Crippen LogP) is 2.50. The highest BCUT2D eigenvalue weighted by molar-refractivity contribution is 6.74. The summed E-state index contributed by atoms with van der Waals surface area (Å²) >= 11 is 0. The first-order valence-corrected chi connectivity index (χ1v) is 12.5. The number of nitrogens with one attached hydrogen (secondary N) is 1. The highest BCUT2D eigenvalue weighted by Crippen LogP contribution is 2.42. The average Bonchev–Trinajstić information content (AvgIpc) is 2.81. The third-order valence-electron chi connectivity index (χ3n) is 5.17. The summed E-state index contributed by atoms with van der Waals surface area (Å²) in [7, 11) is -2.48. The minimum atomic E-state index is -2.48. The Morgan fingerprint density at radius 3 is 2.28 bits per heavy atom. The third-order valence-corrected chi connectivity index (χ3v) is 9.65. The van der Waals surface area contributed by atoms with E-state index in [2.05, 4.69) is 4.98 Å². The lowest BCUT2D eigenvalue weighted by Gasteiger charge is -2.39. The van der Waals surface area contributed by atoms with Crippen LogP contribution in [0.15, 0.2) is 21.9 Å². The zero-order valence-electron chi connectivity index (χ0n) is 18.2. The zero-order valence-corrected chi connectivity index (χ0v) is 19.2. The predicted molar refractivity (Wildman–Crippen MR) is 108 cm³/mol. The molecule has 0 radical (unpaired) electrons. The fourth-order valence-corrected chi connectivity index (χ4v) is 3.96. The van der Waals surface area contributed by atoms with Gasteiger partial charge in [-0.2, -0.15) is 0 Å². The Bertz CT molecular complexity index is 867. The number of aromatic amines is 1. The molecule has 0 spiro atoms. The van der Waals surface area contributed by atoms with E-state index in [0.717, 1.165) is 16.8 Å². The maximum atomic E-state index is 15.5.